The van der Waals surface area contributed by atoms with Crippen LogP contribution < -0.4 is 5.32 Å². The molecule has 2 aromatic rings. The Morgan fingerprint density at radius 3 is 2.26 bits per heavy atom. The van der Waals surface area contributed by atoms with Crippen molar-refractivity contribution in [2.24, 2.45) is 0 Å². The fraction of sp³-hybridized carbons (Fsp3) is 0.351. The van der Waals surface area contributed by atoms with Crippen molar-refractivity contribution in [3.05, 3.63) is 118 Å². The van der Waals surface area contributed by atoms with Gasteiger partial charge in [0.1, 0.15) is 0 Å². The Hall–Kier alpha value is -3.32. The van der Waals surface area contributed by atoms with E-state index in [2.05, 4.69) is 129 Å². The number of allylic oxidation sites excluding steroid dienone is 8. The molecule has 0 radical (unpaired) electrons. The first kappa shape index (κ1) is 27.7. The third-order valence-electron chi connectivity index (χ3n) is 8.79. The van der Waals surface area contributed by atoms with E-state index in [1.807, 2.05) is 6.08 Å². The number of hydrogen-bond donors (Lipinski definition) is 1. The molecule has 0 unspecified atom stereocenters. The molecule has 2 aliphatic rings. The second-order valence-corrected chi connectivity index (χ2v) is 11.9. The van der Waals surface area contributed by atoms with Gasteiger partial charge < -0.3 is 5.32 Å². The van der Waals surface area contributed by atoms with Crippen LogP contribution in [0.5, 0.6) is 0 Å². The molecule has 0 heterocycles. The minimum Gasteiger partial charge on any atom is -0.385 e. The Morgan fingerprint density at radius 2 is 1.66 bits per heavy atom. The molecule has 0 atom stereocenters. The molecule has 1 N–H and O–H groups in total. The molecule has 1 nitrogen and oxygen atoms in total. The van der Waals surface area contributed by atoms with Crippen LogP contribution in [-0.2, 0) is 10.8 Å². The first-order valence-electron chi connectivity index (χ1n) is 14.0. The van der Waals surface area contributed by atoms with Crippen molar-refractivity contribution in [3.8, 4) is 11.1 Å². The van der Waals surface area contributed by atoms with Crippen LogP contribution in [0, 0.1) is 6.92 Å². The SMILES string of the molecule is C=CCNC(=C)CC1=C(/C=C\C)C(C)(C)c2c1ccc1c2-c2cc(C(=C/C)/C(C)=C\C)c(C)cc2C1(C)C. The molecule has 198 valence electrons. The van der Waals surface area contributed by atoms with E-state index in [1.165, 1.54) is 66.8 Å². The Morgan fingerprint density at radius 1 is 0.947 bits per heavy atom. The second kappa shape index (κ2) is 10.1. The van der Waals surface area contributed by atoms with Crippen molar-refractivity contribution >= 4 is 11.1 Å². The molecule has 0 amide bonds. The molecule has 0 saturated carbocycles. The van der Waals surface area contributed by atoms with Gasteiger partial charge in [0.15, 0.2) is 0 Å². The zero-order valence-electron chi connectivity index (χ0n) is 25.0. The van der Waals surface area contributed by atoms with Crippen LogP contribution in [0.1, 0.15) is 95.2 Å². The molecule has 1 heteroatoms. The standard InChI is InChI=1S/C37H45N/c1-12-16-31-29(21-25(7)38-19-13-2)27-17-18-32-34(35(27)37(31,10)11)30-22-28(26(15-4)23(5)14-3)24(6)20-33(30)36(32,8)9/h12-18,20,22,38H,2,7,19,21H2,1,3-6,8-11H3/b16-12-,23-14-,26-15+. The average molecular weight is 504 g/mol. The van der Waals surface area contributed by atoms with Crippen molar-refractivity contribution in [1.29, 1.82) is 0 Å². The lowest BCUT2D eigenvalue weighted by Gasteiger charge is -2.27. The fourth-order valence-electron chi connectivity index (χ4n) is 6.74. The quantitative estimate of drug-likeness (QED) is 0.279. The summed E-state index contributed by atoms with van der Waals surface area (Å²) in [5.74, 6) is 0. The molecule has 38 heavy (non-hydrogen) atoms. The molecule has 2 aliphatic carbocycles. The van der Waals surface area contributed by atoms with E-state index in [9.17, 15) is 0 Å². The van der Waals surface area contributed by atoms with Crippen LogP contribution in [-0.4, -0.2) is 6.54 Å². The maximum atomic E-state index is 4.35. The second-order valence-electron chi connectivity index (χ2n) is 11.9. The third kappa shape index (κ3) is 4.17. The van der Waals surface area contributed by atoms with E-state index in [4.69, 9.17) is 0 Å². The summed E-state index contributed by atoms with van der Waals surface area (Å²) in [4.78, 5) is 0. The number of benzene rings is 2. The van der Waals surface area contributed by atoms with Crippen LogP contribution >= 0.6 is 0 Å². The molecule has 0 aliphatic heterocycles. The van der Waals surface area contributed by atoms with Gasteiger partial charge in [0, 0.05) is 29.5 Å². The van der Waals surface area contributed by atoms with Crippen LogP contribution in [0.15, 0.2) is 84.6 Å². The number of rotatable bonds is 8. The topological polar surface area (TPSA) is 12.0 Å². The summed E-state index contributed by atoms with van der Waals surface area (Å²) in [6, 6.07) is 9.71. The summed E-state index contributed by atoms with van der Waals surface area (Å²) >= 11 is 0. The van der Waals surface area contributed by atoms with Crippen LogP contribution in [0.2, 0.25) is 0 Å². The van der Waals surface area contributed by atoms with Crippen LogP contribution in [0.3, 0.4) is 0 Å². The summed E-state index contributed by atoms with van der Waals surface area (Å²) in [5, 5.41) is 3.43. The smallest absolute Gasteiger partial charge is 0.0325 e. The lowest BCUT2D eigenvalue weighted by atomic mass is 9.76. The van der Waals surface area contributed by atoms with Gasteiger partial charge in [-0.1, -0.05) is 82.9 Å². The first-order chi connectivity index (χ1) is 17.9. The maximum absolute atomic E-state index is 4.35. The average Bonchev–Trinajstić information content (AvgIpc) is 3.22. The van der Waals surface area contributed by atoms with Crippen LogP contribution in [0.25, 0.3) is 22.3 Å². The first-order valence-corrected chi connectivity index (χ1v) is 14.0. The summed E-state index contributed by atoms with van der Waals surface area (Å²) in [5.41, 5.74) is 17.5. The Bertz CT molecular complexity index is 1450. The van der Waals surface area contributed by atoms with Crippen molar-refractivity contribution < 1.29 is 0 Å². The zero-order valence-corrected chi connectivity index (χ0v) is 25.0. The molecule has 0 aromatic heterocycles. The molecule has 0 fully saturated rings. The van der Waals surface area contributed by atoms with E-state index in [0.717, 1.165) is 18.7 Å². The van der Waals surface area contributed by atoms with Crippen LogP contribution in [0.4, 0.5) is 0 Å². The fourth-order valence-corrected chi connectivity index (χ4v) is 6.74. The van der Waals surface area contributed by atoms with Gasteiger partial charge in [-0.2, -0.15) is 0 Å². The molecular formula is C37H45N. The number of fused-ring (bicyclic) bond motifs is 5. The predicted octanol–water partition coefficient (Wildman–Crippen LogP) is 9.97. The van der Waals surface area contributed by atoms with Gasteiger partial charge in [-0.25, -0.2) is 0 Å². The van der Waals surface area contributed by atoms with Gasteiger partial charge in [-0.3, -0.25) is 0 Å². The van der Waals surface area contributed by atoms with E-state index in [0.29, 0.717) is 0 Å². The van der Waals surface area contributed by atoms with Gasteiger partial charge in [0.2, 0.25) is 0 Å². The van der Waals surface area contributed by atoms with Gasteiger partial charge in [-0.15, -0.1) is 6.58 Å². The van der Waals surface area contributed by atoms with Gasteiger partial charge in [0.05, 0.1) is 0 Å². The van der Waals surface area contributed by atoms with E-state index in [-0.39, 0.29) is 10.8 Å². The third-order valence-corrected chi connectivity index (χ3v) is 8.79. The van der Waals surface area contributed by atoms with E-state index >= 15 is 0 Å². The Balaban J connectivity index is 2.02. The van der Waals surface area contributed by atoms with Gasteiger partial charge >= 0.3 is 0 Å². The highest BCUT2D eigenvalue weighted by Gasteiger charge is 2.45. The van der Waals surface area contributed by atoms with E-state index in [1.54, 1.807) is 0 Å². The van der Waals surface area contributed by atoms with Gasteiger partial charge in [-0.05, 0) is 107 Å². The zero-order chi connectivity index (χ0) is 28.0. The number of nitrogens with one attached hydrogen (secondary N) is 1. The lowest BCUT2D eigenvalue weighted by molar-refractivity contribution is 0.643. The highest BCUT2D eigenvalue weighted by molar-refractivity contribution is 5.95. The molecule has 2 aromatic carbocycles. The molecule has 4 rings (SSSR count). The monoisotopic (exact) mass is 503 g/mol. The van der Waals surface area contributed by atoms with Crippen molar-refractivity contribution in [3.63, 3.8) is 0 Å². The normalized spacial score (nSPS) is 17.5. The number of aryl methyl sites for hydroxylation is 1. The molecule has 0 spiro atoms. The summed E-state index contributed by atoms with van der Waals surface area (Å²) < 4.78 is 0. The summed E-state index contributed by atoms with van der Waals surface area (Å²) in [7, 11) is 0. The maximum Gasteiger partial charge on any atom is 0.0325 e. The number of hydrogen-bond acceptors (Lipinski definition) is 1. The lowest BCUT2D eigenvalue weighted by Crippen LogP contribution is -2.19. The summed E-state index contributed by atoms with van der Waals surface area (Å²) in [6.45, 7) is 29.4. The highest BCUT2D eigenvalue weighted by Crippen LogP contribution is 2.59. The Kier molecular flexibility index (Phi) is 7.36. The van der Waals surface area contributed by atoms with E-state index < -0.39 is 0 Å². The molecular weight excluding hydrogens is 458 g/mol. The minimum atomic E-state index is -0.118. The Labute approximate surface area is 231 Å². The highest BCUT2D eigenvalue weighted by atomic mass is 14.9. The van der Waals surface area contributed by atoms with Crippen molar-refractivity contribution in [1.82, 2.24) is 5.32 Å². The van der Waals surface area contributed by atoms with Crippen molar-refractivity contribution in [2.45, 2.75) is 79.6 Å². The predicted molar refractivity (Wildman–Crippen MR) is 169 cm³/mol. The molecule has 0 bridgehead atoms. The van der Waals surface area contributed by atoms with Gasteiger partial charge in [0.25, 0.3) is 0 Å². The minimum absolute atomic E-state index is 0.0522. The largest absolute Gasteiger partial charge is 0.385 e. The van der Waals surface area contributed by atoms with Crippen molar-refractivity contribution in [2.75, 3.05) is 6.54 Å². The summed E-state index contributed by atoms with van der Waals surface area (Å²) in [6.07, 6.45) is 11.7. The molecule has 0 saturated heterocycles.